The smallest absolute Gasteiger partial charge is 0.410 e. The maximum atomic E-state index is 13.5. The molecule has 0 aliphatic heterocycles. The number of amides is 2. The molecule has 1 aliphatic carbocycles. The minimum atomic E-state index is -0.572. The molecule has 0 saturated heterocycles. The summed E-state index contributed by atoms with van der Waals surface area (Å²) < 4.78 is 16.9. The minimum Gasteiger partial charge on any atom is -0.497 e. The predicted molar refractivity (Wildman–Crippen MR) is 147 cm³/mol. The summed E-state index contributed by atoms with van der Waals surface area (Å²) >= 11 is 0. The van der Waals surface area contributed by atoms with E-state index in [1.54, 1.807) is 26.4 Å². The van der Waals surface area contributed by atoms with E-state index in [9.17, 15) is 9.59 Å². The molecule has 2 amide bonds. The van der Waals surface area contributed by atoms with E-state index in [4.69, 9.17) is 14.2 Å². The predicted octanol–water partition coefficient (Wildman–Crippen LogP) is 5.61. The van der Waals surface area contributed by atoms with E-state index in [1.165, 1.54) is 4.90 Å². The number of pyridine rings is 1. The minimum absolute atomic E-state index is 0.163. The number of benzene rings is 2. The summed E-state index contributed by atoms with van der Waals surface area (Å²) in [4.78, 5) is 31.9. The Morgan fingerprint density at radius 1 is 1.13 bits per heavy atom. The summed E-state index contributed by atoms with van der Waals surface area (Å²) in [5.41, 5.74) is 2.20. The fraction of sp³-hybridized carbons (Fsp3) is 0.433. The van der Waals surface area contributed by atoms with Gasteiger partial charge < -0.3 is 24.4 Å². The van der Waals surface area contributed by atoms with Gasteiger partial charge in [-0.15, -0.1) is 0 Å². The molecule has 38 heavy (non-hydrogen) atoms. The van der Waals surface area contributed by atoms with Crippen LogP contribution in [0.2, 0.25) is 0 Å². The number of nitrogens with one attached hydrogen (secondary N) is 1. The first-order chi connectivity index (χ1) is 17.9. The van der Waals surface area contributed by atoms with Crippen molar-refractivity contribution >= 4 is 22.9 Å². The molecule has 0 spiro atoms. The normalized spacial score (nSPS) is 14.9. The van der Waals surface area contributed by atoms with Crippen molar-refractivity contribution in [2.24, 2.45) is 0 Å². The molecule has 202 valence electrons. The van der Waals surface area contributed by atoms with Crippen LogP contribution in [0.5, 0.6) is 11.5 Å². The number of carbonyl (C=O) groups is 2. The first kappa shape index (κ1) is 27.2. The first-order valence-corrected chi connectivity index (χ1v) is 12.9. The van der Waals surface area contributed by atoms with Gasteiger partial charge in [0.25, 0.3) is 5.91 Å². The number of aromatic nitrogens is 1. The molecule has 0 radical (unpaired) electrons. The first-order valence-electron chi connectivity index (χ1n) is 12.9. The maximum absolute atomic E-state index is 13.5. The Hall–Kier alpha value is -3.81. The van der Waals surface area contributed by atoms with E-state index in [-0.39, 0.29) is 18.6 Å². The Balaban J connectivity index is 1.49. The average molecular weight is 520 g/mol. The van der Waals surface area contributed by atoms with Crippen LogP contribution in [-0.2, 0) is 10.3 Å². The van der Waals surface area contributed by atoms with Crippen molar-refractivity contribution in [2.45, 2.75) is 64.6 Å². The van der Waals surface area contributed by atoms with Gasteiger partial charge in [-0.25, -0.2) is 4.79 Å². The van der Waals surface area contributed by atoms with Crippen LogP contribution in [0.15, 0.2) is 48.7 Å². The zero-order chi connectivity index (χ0) is 27.7. The molecule has 4 rings (SSSR count). The molecule has 3 aromatic rings. The molecule has 8 nitrogen and oxygen atoms in total. The number of nitrogens with zero attached hydrogens (tertiary/aromatic N) is 2. The highest BCUT2D eigenvalue weighted by atomic mass is 16.6. The lowest BCUT2D eigenvalue weighted by Gasteiger charge is -2.28. The third-order valence-electron chi connectivity index (χ3n) is 6.84. The number of rotatable bonds is 8. The molecule has 0 bridgehead atoms. The number of likely N-dealkylation sites (N-methyl/N-ethyl adjacent to an activating group) is 1. The van der Waals surface area contributed by atoms with Crippen LogP contribution in [0.1, 0.15) is 62.0 Å². The molecule has 1 aliphatic rings. The van der Waals surface area contributed by atoms with Gasteiger partial charge in [0.1, 0.15) is 23.7 Å². The SMILES string of the molecule is COc1cc(C2(NC(=O)c3cc(OC[C@H](C)N(C)C(=O)OC(C)(C)C)ccc3C)CC2)c2cccnc2c1. The number of hydrogen-bond donors (Lipinski definition) is 1. The second kappa shape index (κ2) is 10.5. The van der Waals surface area contributed by atoms with E-state index < -0.39 is 17.2 Å². The van der Waals surface area contributed by atoms with Crippen LogP contribution < -0.4 is 14.8 Å². The van der Waals surface area contributed by atoms with Crippen LogP contribution in [0.3, 0.4) is 0 Å². The third kappa shape index (κ3) is 6.01. The average Bonchev–Trinajstić information content (AvgIpc) is 3.65. The topological polar surface area (TPSA) is 90.0 Å². The molecular formula is C30H37N3O5. The van der Waals surface area contributed by atoms with Gasteiger partial charge >= 0.3 is 6.09 Å². The van der Waals surface area contributed by atoms with Gasteiger partial charge in [-0.2, -0.15) is 0 Å². The molecule has 1 atom stereocenters. The van der Waals surface area contributed by atoms with E-state index in [0.717, 1.165) is 34.9 Å². The lowest BCUT2D eigenvalue weighted by molar-refractivity contribution is 0.0195. The van der Waals surface area contributed by atoms with Crippen LogP contribution in [0, 0.1) is 6.92 Å². The molecule has 1 saturated carbocycles. The molecular weight excluding hydrogens is 482 g/mol. The summed E-state index contributed by atoms with van der Waals surface area (Å²) in [6.45, 7) is 9.54. The summed E-state index contributed by atoms with van der Waals surface area (Å²) in [5.74, 6) is 1.11. The van der Waals surface area contributed by atoms with Gasteiger partial charge in [-0.1, -0.05) is 12.1 Å². The van der Waals surface area contributed by atoms with E-state index in [0.29, 0.717) is 17.1 Å². The van der Waals surface area contributed by atoms with Crippen LogP contribution >= 0.6 is 0 Å². The number of fused-ring (bicyclic) bond motifs is 1. The fourth-order valence-corrected chi connectivity index (χ4v) is 4.32. The van der Waals surface area contributed by atoms with Crippen LogP contribution in [0.4, 0.5) is 4.79 Å². The van der Waals surface area contributed by atoms with Crippen molar-refractivity contribution < 1.29 is 23.8 Å². The molecule has 1 fully saturated rings. The third-order valence-corrected chi connectivity index (χ3v) is 6.84. The van der Waals surface area contributed by atoms with Crippen molar-refractivity contribution in [3.05, 3.63) is 65.4 Å². The van der Waals surface area contributed by atoms with E-state index in [1.807, 2.05) is 71.0 Å². The molecule has 8 heteroatoms. The Bertz CT molecular complexity index is 1340. The van der Waals surface area contributed by atoms with Gasteiger partial charge in [-0.3, -0.25) is 9.78 Å². The van der Waals surface area contributed by atoms with Crippen molar-refractivity contribution in [1.29, 1.82) is 0 Å². The van der Waals surface area contributed by atoms with Crippen LogP contribution in [-0.4, -0.2) is 54.3 Å². The number of carbonyl (C=O) groups excluding carboxylic acids is 2. The van der Waals surface area contributed by atoms with Gasteiger partial charge in [0.05, 0.1) is 24.2 Å². The zero-order valence-electron chi connectivity index (χ0n) is 23.3. The number of methoxy groups -OCH3 is 1. The second-order valence-corrected chi connectivity index (χ2v) is 11.0. The van der Waals surface area contributed by atoms with Crippen molar-refractivity contribution in [2.75, 3.05) is 20.8 Å². The lowest BCUT2D eigenvalue weighted by atomic mass is 9.97. The second-order valence-electron chi connectivity index (χ2n) is 11.0. The van der Waals surface area contributed by atoms with Crippen LogP contribution in [0.25, 0.3) is 10.9 Å². The van der Waals surface area contributed by atoms with Crippen molar-refractivity contribution in [1.82, 2.24) is 15.2 Å². The van der Waals surface area contributed by atoms with E-state index in [2.05, 4.69) is 10.3 Å². The van der Waals surface area contributed by atoms with Gasteiger partial charge in [0.15, 0.2) is 0 Å². The number of aryl methyl sites for hydroxylation is 1. The van der Waals surface area contributed by atoms with Crippen molar-refractivity contribution in [3.63, 3.8) is 0 Å². The summed E-state index contributed by atoms with van der Waals surface area (Å²) in [6.07, 6.45) is 3.01. The highest BCUT2D eigenvalue weighted by molar-refractivity contribution is 5.97. The van der Waals surface area contributed by atoms with Crippen molar-refractivity contribution in [3.8, 4) is 11.5 Å². The fourth-order valence-electron chi connectivity index (χ4n) is 4.32. The molecule has 2 aromatic carbocycles. The standard InChI is InChI=1S/C30H37N3O5/c1-19-10-11-21(37-18-20(2)33(6)28(35)38-29(3,4)5)15-24(19)27(34)32-30(12-13-30)25-16-22(36-7)17-26-23(25)9-8-14-31-26/h8-11,14-17,20H,12-13,18H2,1-7H3,(H,32,34)/t20-/m0/s1. The zero-order valence-corrected chi connectivity index (χ0v) is 23.3. The molecule has 1 aromatic heterocycles. The van der Waals surface area contributed by atoms with Gasteiger partial charge in [0.2, 0.25) is 0 Å². The molecule has 0 unspecified atom stereocenters. The molecule has 1 N–H and O–H groups in total. The summed E-state index contributed by atoms with van der Waals surface area (Å²) in [6, 6.07) is 13.1. The monoisotopic (exact) mass is 519 g/mol. The Morgan fingerprint density at radius 3 is 2.53 bits per heavy atom. The lowest BCUT2D eigenvalue weighted by Crippen LogP contribution is -2.42. The highest BCUT2D eigenvalue weighted by Crippen LogP contribution is 2.49. The van der Waals surface area contributed by atoms with Gasteiger partial charge in [0, 0.05) is 30.3 Å². The highest BCUT2D eigenvalue weighted by Gasteiger charge is 2.47. The molecule has 1 heterocycles. The Labute approximate surface area is 224 Å². The maximum Gasteiger partial charge on any atom is 0.410 e. The largest absolute Gasteiger partial charge is 0.497 e. The number of hydrogen-bond acceptors (Lipinski definition) is 6. The number of ether oxygens (including phenoxy) is 3. The Kier molecular flexibility index (Phi) is 7.54. The Morgan fingerprint density at radius 2 is 1.87 bits per heavy atom. The summed E-state index contributed by atoms with van der Waals surface area (Å²) in [5, 5.41) is 4.29. The van der Waals surface area contributed by atoms with Gasteiger partial charge in [-0.05, 0) is 82.9 Å². The summed E-state index contributed by atoms with van der Waals surface area (Å²) in [7, 11) is 3.32. The van der Waals surface area contributed by atoms with E-state index >= 15 is 0 Å². The quantitative estimate of drug-likeness (QED) is 0.416.